The number of rotatable bonds is 8. The molecule has 1 aromatic heterocycles. The van der Waals surface area contributed by atoms with E-state index in [-0.39, 0.29) is 19.1 Å². The zero-order chi connectivity index (χ0) is 22.8. The molecule has 0 saturated carbocycles. The number of furan rings is 1. The van der Waals surface area contributed by atoms with Gasteiger partial charge in [-0.15, -0.1) is 0 Å². The fourth-order valence-corrected chi connectivity index (χ4v) is 2.65. The number of nitrogens with zero attached hydrogens (tertiary/aromatic N) is 1. The highest BCUT2D eigenvalue weighted by Gasteiger charge is 2.13. The molecule has 0 atom stereocenters. The number of nitrogens with one attached hydrogen (secondary N) is 3. The molecule has 3 aromatic rings. The molecule has 0 saturated heterocycles. The zero-order valence-corrected chi connectivity index (χ0v) is 17.3. The molecule has 0 aliphatic rings. The number of aryl methyl sites for hydroxylation is 1. The number of ether oxygens (including phenoxy) is 1. The van der Waals surface area contributed by atoms with E-state index in [0.29, 0.717) is 22.8 Å². The van der Waals surface area contributed by atoms with Gasteiger partial charge in [-0.25, -0.2) is 5.43 Å². The first-order valence-electron chi connectivity index (χ1n) is 9.73. The number of amides is 3. The molecule has 0 unspecified atom stereocenters. The minimum Gasteiger partial charge on any atom is -0.483 e. The lowest BCUT2D eigenvalue weighted by molar-refractivity contribution is -0.139. The summed E-state index contributed by atoms with van der Waals surface area (Å²) in [6, 6.07) is 17.6. The lowest BCUT2D eigenvalue weighted by atomic mass is 10.2. The maximum atomic E-state index is 12.2. The highest BCUT2D eigenvalue weighted by Crippen LogP contribution is 2.16. The fraction of sp³-hybridized carbons (Fsp3) is 0.130. The summed E-state index contributed by atoms with van der Waals surface area (Å²) >= 11 is 0. The number of hydrazone groups is 1. The van der Waals surface area contributed by atoms with E-state index in [9.17, 15) is 14.4 Å². The molecule has 1 heterocycles. The standard InChI is InChI=1S/C23H22N4O5/c1-16-6-4-8-18(12-16)26-21(28)15-32-20-10-3-2-7-17(20)13-25-27-23(30)22(29)24-14-19-9-5-11-31-19/h2-13H,14-15H2,1H3,(H,24,29)(H,26,28)(H,27,30)/b25-13-. The van der Waals surface area contributed by atoms with E-state index in [2.05, 4.69) is 21.2 Å². The van der Waals surface area contributed by atoms with Crippen LogP contribution >= 0.6 is 0 Å². The van der Waals surface area contributed by atoms with E-state index in [1.807, 2.05) is 25.1 Å². The summed E-state index contributed by atoms with van der Waals surface area (Å²) in [5, 5.41) is 8.96. The van der Waals surface area contributed by atoms with Crippen LogP contribution < -0.4 is 20.8 Å². The average molecular weight is 434 g/mol. The first-order valence-corrected chi connectivity index (χ1v) is 9.73. The van der Waals surface area contributed by atoms with Crippen LogP contribution in [-0.4, -0.2) is 30.5 Å². The molecular weight excluding hydrogens is 412 g/mol. The third-order valence-electron chi connectivity index (χ3n) is 4.16. The molecule has 2 aromatic carbocycles. The largest absolute Gasteiger partial charge is 0.483 e. The molecule has 0 spiro atoms. The maximum Gasteiger partial charge on any atom is 0.329 e. The van der Waals surface area contributed by atoms with Gasteiger partial charge in [-0.1, -0.05) is 24.3 Å². The van der Waals surface area contributed by atoms with Crippen molar-refractivity contribution in [2.45, 2.75) is 13.5 Å². The predicted molar refractivity (Wildman–Crippen MR) is 118 cm³/mol. The second-order valence-electron chi connectivity index (χ2n) is 6.71. The van der Waals surface area contributed by atoms with Crippen molar-refractivity contribution in [2.24, 2.45) is 5.10 Å². The van der Waals surface area contributed by atoms with Gasteiger partial charge in [0.25, 0.3) is 5.91 Å². The van der Waals surface area contributed by atoms with Crippen LogP contribution in [0.15, 0.2) is 76.4 Å². The molecule has 0 aliphatic carbocycles. The molecule has 0 radical (unpaired) electrons. The smallest absolute Gasteiger partial charge is 0.329 e. The van der Waals surface area contributed by atoms with Gasteiger partial charge in [0.1, 0.15) is 11.5 Å². The molecule has 3 rings (SSSR count). The summed E-state index contributed by atoms with van der Waals surface area (Å²) in [4.78, 5) is 35.8. The Morgan fingerprint density at radius 1 is 1.03 bits per heavy atom. The minimum absolute atomic E-state index is 0.0876. The molecule has 32 heavy (non-hydrogen) atoms. The summed E-state index contributed by atoms with van der Waals surface area (Å²) in [6.07, 6.45) is 2.79. The van der Waals surface area contributed by atoms with Gasteiger partial charge in [-0.05, 0) is 48.9 Å². The van der Waals surface area contributed by atoms with E-state index in [1.165, 1.54) is 12.5 Å². The summed E-state index contributed by atoms with van der Waals surface area (Å²) in [6.45, 7) is 1.81. The molecule has 9 nitrogen and oxygen atoms in total. The number of carbonyl (C=O) groups excluding carboxylic acids is 3. The average Bonchev–Trinajstić information content (AvgIpc) is 3.30. The number of carbonyl (C=O) groups is 3. The Morgan fingerprint density at radius 3 is 2.66 bits per heavy atom. The predicted octanol–water partition coefficient (Wildman–Crippen LogP) is 2.37. The Kier molecular flexibility index (Phi) is 7.74. The SMILES string of the molecule is Cc1cccc(NC(=O)COc2ccccc2/C=N\NC(=O)C(=O)NCc2ccco2)c1. The van der Waals surface area contributed by atoms with Crippen LogP contribution in [0.5, 0.6) is 5.75 Å². The Balaban J connectivity index is 1.49. The molecule has 0 bridgehead atoms. The van der Waals surface area contributed by atoms with Gasteiger partial charge >= 0.3 is 11.8 Å². The van der Waals surface area contributed by atoms with Gasteiger partial charge in [-0.3, -0.25) is 14.4 Å². The highest BCUT2D eigenvalue weighted by molar-refractivity contribution is 6.35. The monoisotopic (exact) mass is 434 g/mol. The maximum absolute atomic E-state index is 12.2. The highest BCUT2D eigenvalue weighted by atomic mass is 16.5. The van der Waals surface area contributed by atoms with Crippen molar-refractivity contribution in [1.82, 2.24) is 10.7 Å². The van der Waals surface area contributed by atoms with E-state index < -0.39 is 11.8 Å². The van der Waals surface area contributed by atoms with Crippen molar-refractivity contribution in [1.29, 1.82) is 0 Å². The number of para-hydroxylation sites is 1. The zero-order valence-electron chi connectivity index (χ0n) is 17.3. The molecule has 164 valence electrons. The lowest BCUT2D eigenvalue weighted by Gasteiger charge is -2.10. The van der Waals surface area contributed by atoms with Gasteiger partial charge in [0.05, 0.1) is 19.0 Å². The van der Waals surface area contributed by atoms with Crippen LogP contribution in [0.4, 0.5) is 5.69 Å². The molecule has 9 heteroatoms. The van der Waals surface area contributed by atoms with E-state index in [0.717, 1.165) is 5.56 Å². The molecule has 3 amide bonds. The molecule has 0 fully saturated rings. The second-order valence-corrected chi connectivity index (χ2v) is 6.71. The number of hydrogen-bond acceptors (Lipinski definition) is 6. The molecule has 0 aliphatic heterocycles. The van der Waals surface area contributed by atoms with Crippen LogP contribution in [0.25, 0.3) is 0 Å². The number of hydrogen-bond donors (Lipinski definition) is 3. The first kappa shape index (κ1) is 22.3. The topological polar surface area (TPSA) is 122 Å². The van der Waals surface area contributed by atoms with Crippen LogP contribution in [0, 0.1) is 6.92 Å². The lowest BCUT2D eigenvalue weighted by Crippen LogP contribution is -2.37. The van der Waals surface area contributed by atoms with E-state index in [4.69, 9.17) is 9.15 Å². The van der Waals surface area contributed by atoms with Gasteiger partial charge < -0.3 is 19.8 Å². The number of anilines is 1. The van der Waals surface area contributed by atoms with E-state index >= 15 is 0 Å². The van der Waals surface area contributed by atoms with Crippen molar-refractivity contribution in [3.8, 4) is 5.75 Å². The fourth-order valence-electron chi connectivity index (χ4n) is 2.65. The number of benzene rings is 2. The van der Waals surface area contributed by atoms with Crippen molar-refractivity contribution in [3.05, 3.63) is 83.8 Å². The van der Waals surface area contributed by atoms with Crippen molar-refractivity contribution in [3.63, 3.8) is 0 Å². The van der Waals surface area contributed by atoms with Crippen molar-refractivity contribution < 1.29 is 23.5 Å². The van der Waals surface area contributed by atoms with Crippen LogP contribution in [-0.2, 0) is 20.9 Å². The van der Waals surface area contributed by atoms with Gasteiger partial charge in [0.2, 0.25) is 0 Å². The quantitative estimate of drug-likeness (QED) is 0.285. The van der Waals surface area contributed by atoms with Crippen molar-refractivity contribution in [2.75, 3.05) is 11.9 Å². The summed E-state index contributed by atoms with van der Waals surface area (Å²) in [5.41, 5.74) is 4.38. The van der Waals surface area contributed by atoms with Crippen LogP contribution in [0.3, 0.4) is 0 Å². The Morgan fingerprint density at radius 2 is 1.88 bits per heavy atom. The Bertz CT molecular complexity index is 1110. The molecular formula is C23H22N4O5. The Hall–Kier alpha value is -4.40. The first-order chi connectivity index (χ1) is 15.5. The Labute approximate surface area is 184 Å². The van der Waals surface area contributed by atoms with Crippen molar-refractivity contribution >= 4 is 29.6 Å². The summed E-state index contributed by atoms with van der Waals surface area (Å²) < 4.78 is 10.7. The molecule has 3 N–H and O–H groups in total. The van der Waals surface area contributed by atoms with Crippen LogP contribution in [0.1, 0.15) is 16.9 Å². The minimum atomic E-state index is -0.927. The van der Waals surface area contributed by atoms with Gasteiger partial charge in [0, 0.05) is 11.3 Å². The van der Waals surface area contributed by atoms with E-state index in [1.54, 1.807) is 42.5 Å². The summed E-state index contributed by atoms with van der Waals surface area (Å²) in [7, 11) is 0. The summed E-state index contributed by atoms with van der Waals surface area (Å²) in [5.74, 6) is -1.18. The van der Waals surface area contributed by atoms with Gasteiger partial charge in [-0.2, -0.15) is 5.10 Å². The van der Waals surface area contributed by atoms with Gasteiger partial charge in [0.15, 0.2) is 6.61 Å². The van der Waals surface area contributed by atoms with Crippen LogP contribution in [0.2, 0.25) is 0 Å². The normalized spacial score (nSPS) is 10.5. The second kappa shape index (κ2) is 11.1. The third kappa shape index (κ3) is 6.84. The third-order valence-corrected chi connectivity index (χ3v) is 4.16.